The molecule has 2 heterocycles. The van der Waals surface area contributed by atoms with Gasteiger partial charge in [-0.05, 0) is 48.8 Å². The lowest BCUT2D eigenvalue weighted by molar-refractivity contribution is -0.0220. The number of halogens is 2. The summed E-state index contributed by atoms with van der Waals surface area (Å²) in [6.07, 6.45) is 5.99. The summed E-state index contributed by atoms with van der Waals surface area (Å²) in [7, 11) is 1.59. The fraction of sp³-hybridized carbons (Fsp3) is 0.583. The van der Waals surface area contributed by atoms with Crippen LogP contribution in [0.15, 0.2) is 30.5 Å². The third kappa shape index (κ3) is 5.38. The Balaban J connectivity index is 1.43. The molecule has 1 aliphatic heterocycles. The van der Waals surface area contributed by atoms with Crippen molar-refractivity contribution in [3.05, 3.63) is 41.6 Å². The highest BCUT2D eigenvalue weighted by Crippen LogP contribution is 2.40. The Morgan fingerprint density at radius 3 is 2.27 bits per heavy atom. The number of carbonyl (C=O) groups is 1. The second kappa shape index (κ2) is 8.95. The second-order valence-corrected chi connectivity index (χ2v) is 11.2. The molecule has 1 aromatic heterocycles. The lowest BCUT2D eigenvalue weighted by atomic mass is 9.80. The minimum atomic E-state index is -2.88. The standard InChI is InChI=1S/C24H34F2N5OP/c1-15(24(25,26)33)16-4-6-17(7-5-16)28-22-20(21(27)32)12-31(29-22)19-10-8-18(9-11-19)30-13-23(2,3)14-30/h4-7,12,15,18-19H,8-11,13-14,33H2,1-3H3,(H2,27,32)(H,28,29). The van der Waals surface area contributed by atoms with Crippen molar-refractivity contribution in [1.29, 1.82) is 0 Å². The van der Waals surface area contributed by atoms with E-state index in [4.69, 9.17) is 5.73 Å². The number of nitrogens with two attached hydrogens (primary N) is 1. The third-order valence-electron chi connectivity index (χ3n) is 7.07. The van der Waals surface area contributed by atoms with E-state index in [0.717, 1.165) is 38.8 Å². The van der Waals surface area contributed by atoms with Crippen LogP contribution in [-0.2, 0) is 0 Å². The van der Waals surface area contributed by atoms with Crippen molar-refractivity contribution in [2.45, 2.75) is 70.1 Å². The lowest BCUT2D eigenvalue weighted by Crippen LogP contribution is -2.57. The van der Waals surface area contributed by atoms with Crippen LogP contribution in [0.25, 0.3) is 0 Å². The van der Waals surface area contributed by atoms with Gasteiger partial charge in [0, 0.05) is 36.9 Å². The summed E-state index contributed by atoms with van der Waals surface area (Å²) in [6.45, 7) is 8.43. The first-order valence-corrected chi connectivity index (χ1v) is 12.2. The molecular weight excluding hydrogens is 443 g/mol. The van der Waals surface area contributed by atoms with E-state index in [0.29, 0.717) is 34.1 Å². The first-order valence-electron chi connectivity index (χ1n) is 11.6. The van der Waals surface area contributed by atoms with Crippen LogP contribution in [0.2, 0.25) is 0 Å². The summed E-state index contributed by atoms with van der Waals surface area (Å²) in [6, 6.07) is 7.61. The summed E-state index contributed by atoms with van der Waals surface area (Å²) >= 11 is 0. The highest BCUT2D eigenvalue weighted by Gasteiger charge is 2.39. The molecule has 2 fully saturated rings. The average molecular weight is 478 g/mol. The molecule has 33 heavy (non-hydrogen) atoms. The Hall–Kier alpha value is -2.05. The van der Waals surface area contributed by atoms with Gasteiger partial charge in [-0.1, -0.05) is 42.1 Å². The van der Waals surface area contributed by atoms with Crippen molar-refractivity contribution in [2.24, 2.45) is 11.1 Å². The van der Waals surface area contributed by atoms with Gasteiger partial charge in [0.15, 0.2) is 5.82 Å². The van der Waals surface area contributed by atoms with Gasteiger partial charge in [0.1, 0.15) is 5.56 Å². The summed E-state index contributed by atoms with van der Waals surface area (Å²) in [4.78, 5) is 14.6. The van der Waals surface area contributed by atoms with Crippen LogP contribution in [0.4, 0.5) is 20.3 Å². The first-order chi connectivity index (χ1) is 15.4. The molecule has 6 nitrogen and oxygen atoms in total. The number of hydrogen-bond acceptors (Lipinski definition) is 4. The van der Waals surface area contributed by atoms with Gasteiger partial charge in [0.05, 0.1) is 6.04 Å². The number of alkyl halides is 2. The van der Waals surface area contributed by atoms with E-state index in [2.05, 4.69) is 29.2 Å². The van der Waals surface area contributed by atoms with Gasteiger partial charge < -0.3 is 11.1 Å². The number of nitrogens with zero attached hydrogens (tertiary/aromatic N) is 3. The van der Waals surface area contributed by atoms with Gasteiger partial charge in [-0.2, -0.15) is 5.10 Å². The van der Waals surface area contributed by atoms with Crippen LogP contribution in [0, 0.1) is 5.41 Å². The zero-order chi connectivity index (χ0) is 24.0. The van der Waals surface area contributed by atoms with Crippen molar-refractivity contribution in [1.82, 2.24) is 14.7 Å². The number of likely N-dealkylation sites (tertiary alicyclic amines) is 1. The zero-order valence-electron chi connectivity index (χ0n) is 19.5. The van der Waals surface area contributed by atoms with Crippen LogP contribution in [0.1, 0.15) is 74.3 Å². The van der Waals surface area contributed by atoms with Crippen LogP contribution in [0.3, 0.4) is 0 Å². The van der Waals surface area contributed by atoms with Crippen LogP contribution < -0.4 is 11.1 Å². The number of hydrogen-bond donors (Lipinski definition) is 2. The fourth-order valence-corrected chi connectivity index (χ4v) is 5.26. The number of amides is 1. The highest BCUT2D eigenvalue weighted by atomic mass is 31.0. The highest BCUT2D eigenvalue weighted by molar-refractivity contribution is 7.18. The van der Waals surface area contributed by atoms with E-state index in [-0.39, 0.29) is 6.04 Å². The minimum absolute atomic E-state index is 0.233. The Bertz CT molecular complexity index is 985. The summed E-state index contributed by atoms with van der Waals surface area (Å²) < 4.78 is 29.0. The van der Waals surface area contributed by atoms with Crippen molar-refractivity contribution < 1.29 is 13.6 Å². The molecule has 4 rings (SSSR count). The Labute approximate surface area is 196 Å². The van der Waals surface area contributed by atoms with E-state index >= 15 is 0 Å². The molecule has 3 N–H and O–H groups in total. The normalized spacial score (nSPS) is 24.2. The largest absolute Gasteiger partial charge is 0.365 e. The molecular formula is C24H34F2N5OP. The van der Waals surface area contributed by atoms with Gasteiger partial charge >= 0.3 is 0 Å². The van der Waals surface area contributed by atoms with Gasteiger partial charge in [-0.25, -0.2) is 8.78 Å². The second-order valence-electron chi connectivity index (χ2n) is 10.4. The van der Waals surface area contributed by atoms with Crippen molar-refractivity contribution in [3.63, 3.8) is 0 Å². The molecule has 2 atom stereocenters. The van der Waals surface area contributed by atoms with Crippen molar-refractivity contribution in [3.8, 4) is 0 Å². The smallest absolute Gasteiger partial charge is 0.265 e. The zero-order valence-corrected chi connectivity index (χ0v) is 20.7. The minimum Gasteiger partial charge on any atom is -0.365 e. The summed E-state index contributed by atoms with van der Waals surface area (Å²) in [5.74, 6) is -1.08. The van der Waals surface area contributed by atoms with E-state index in [9.17, 15) is 13.6 Å². The molecule has 0 radical (unpaired) electrons. The SMILES string of the molecule is CC(c1ccc(Nc2nn(C3CCC(N4CC(C)(C)C4)CC3)cc2C(N)=O)cc1)C(F)(F)P. The molecule has 9 heteroatoms. The Morgan fingerprint density at radius 2 is 1.76 bits per heavy atom. The molecule has 2 aliphatic rings. The molecule has 0 spiro atoms. The summed E-state index contributed by atoms with van der Waals surface area (Å²) in [5.41, 5.74) is 4.69. The predicted octanol–water partition coefficient (Wildman–Crippen LogP) is 5.12. The van der Waals surface area contributed by atoms with Gasteiger partial charge in [-0.3, -0.25) is 14.4 Å². The van der Waals surface area contributed by atoms with Crippen molar-refractivity contribution >= 4 is 26.7 Å². The van der Waals surface area contributed by atoms with Gasteiger partial charge in [0.25, 0.3) is 11.6 Å². The number of benzene rings is 1. The fourth-order valence-electron chi connectivity index (χ4n) is 5.06. The molecule has 1 aliphatic carbocycles. The number of anilines is 2. The van der Waals surface area contributed by atoms with Crippen LogP contribution >= 0.6 is 9.24 Å². The molecule has 1 amide bonds. The predicted molar refractivity (Wildman–Crippen MR) is 130 cm³/mol. The van der Waals surface area contributed by atoms with Gasteiger partial charge in [-0.15, -0.1) is 0 Å². The molecule has 1 saturated heterocycles. The number of rotatable bonds is 7. The van der Waals surface area contributed by atoms with Gasteiger partial charge in [0.2, 0.25) is 0 Å². The quantitative estimate of drug-likeness (QED) is 0.543. The Kier molecular flexibility index (Phi) is 6.53. The third-order valence-corrected chi connectivity index (χ3v) is 7.57. The maximum Gasteiger partial charge on any atom is 0.265 e. The maximum absolute atomic E-state index is 13.6. The Morgan fingerprint density at radius 1 is 1.18 bits per heavy atom. The topological polar surface area (TPSA) is 76.2 Å². The number of carbonyl (C=O) groups excluding carboxylic acids is 1. The number of primary amides is 1. The monoisotopic (exact) mass is 477 g/mol. The van der Waals surface area contributed by atoms with Crippen molar-refractivity contribution in [2.75, 3.05) is 18.4 Å². The average Bonchev–Trinajstić information content (AvgIpc) is 3.15. The molecule has 2 unspecified atom stereocenters. The van der Waals surface area contributed by atoms with E-state index < -0.39 is 17.5 Å². The van der Waals surface area contributed by atoms with Crippen LogP contribution in [0.5, 0.6) is 0 Å². The maximum atomic E-state index is 13.6. The van der Waals surface area contributed by atoms with E-state index in [1.165, 1.54) is 6.92 Å². The molecule has 180 valence electrons. The number of aromatic nitrogens is 2. The lowest BCUT2D eigenvalue weighted by Gasteiger charge is -2.51. The van der Waals surface area contributed by atoms with E-state index in [1.807, 2.05) is 4.68 Å². The summed E-state index contributed by atoms with van der Waals surface area (Å²) in [5, 5.41) is 7.78. The molecule has 1 saturated carbocycles. The van der Waals surface area contributed by atoms with E-state index in [1.54, 1.807) is 39.7 Å². The molecule has 2 aromatic rings. The first kappa shape index (κ1) is 24.1. The number of nitrogens with one attached hydrogen (secondary N) is 1. The van der Waals surface area contributed by atoms with Crippen LogP contribution in [-0.4, -0.2) is 45.4 Å². The molecule has 0 bridgehead atoms. The molecule has 1 aromatic carbocycles.